The van der Waals surface area contributed by atoms with E-state index in [2.05, 4.69) is 34.9 Å². The molecular formula is C8H10BrFO2P2. The standard InChI is InChI=1S/C8H10BrFO2P2/c9-7-1-6(4-12-14)8(10)2-5(7)3-11-13/h1-2H,3-4,13-14H2. The predicted molar refractivity (Wildman–Crippen MR) is 63.1 cm³/mol. The molecule has 1 rings (SSSR count). The van der Waals surface area contributed by atoms with Crippen molar-refractivity contribution in [3.63, 3.8) is 0 Å². The van der Waals surface area contributed by atoms with E-state index in [-0.39, 0.29) is 12.4 Å². The fourth-order valence-electron chi connectivity index (χ4n) is 1.03. The van der Waals surface area contributed by atoms with Gasteiger partial charge >= 0.3 is 0 Å². The van der Waals surface area contributed by atoms with E-state index in [1.807, 2.05) is 0 Å². The fraction of sp³-hybridized carbons (Fsp3) is 0.250. The molecule has 0 amide bonds. The molecule has 0 aliphatic carbocycles. The zero-order valence-corrected chi connectivity index (χ0v) is 11.2. The number of hydrogen-bond donors (Lipinski definition) is 0. The highest BCUT2D eigenvalue weighted by molar-refractivity contribution is 9.10. The van der Waals surface area contributed by atoms with Crippen LogP contribution in [0.2, 0.25) is 0 Å². The molecule has 0 spiro atoms. The van der Waals surface area contributed by atoms with Crippen LogP contribution in [0.25, 0.3) is 0 Å². The van der Waals surface area contributed by atoms with Crippen LogP contribution in [0.3, 0.4) is 0 Å². The van der Waals surface area contributed by atoms with Gasteiger partial charge in [0, 0.05) is 29.0 Å². The summed E-state index contributed by atoms with van der Waals surface area (Å²) in [7, 11) is 4.22. The summed E-state index contributed by atoms with van der Waals surface area (Å²) in [6.07, 6.45) is 0. The lowest BCUT2D eigenvalue weighted by Crippen LogP contribution is -1.95. The van der Waals surface area contributed by atoms with E-state index in [4.69, 9.17) is 9.05 Å². The number of benzene rings is 1. The summed E-state index contributed by atoms with van der Waals surface area (Å²) in [5.41, 5.74) is 1.28. The average Bonchev–Trinajstić information content (AvgIpc) is 2.14. The van der Waals surface area contributed by atoms with E-state index in [9.17, 15) is 4.39 Å². The molecule has 0 N–H and O–H groups in total. The van der Waals surface area contributed by atoms with Gasteiger partial charge in [0.1, 0.15) is 5.82 Å². The van der Waals surface area contributed by atoms with Crippen LogP contribution in [0.15, 0.2) is 16.6 Å². The molecule has 1 aromatic carbocycles. The molecule has 0 aliphatic rings. The third-order valence-electron chi connectivity index (χ3n) is 1.69. The number of halogens is 2. The molecule has 78 valence electrons. The van der Waals surface area contributed by atoms with Crippen LogP contribution in [0, 0.1) is 5.82 Å². The highest BCUT2D eigenvalue weighted by Gasteiger charge is 2.07. The van der Waals surface area contributed by atoms with E-state index < -0.39 is 0 Å². The molecule has 0 aliphatic heterocycles. The van der Waals surface area contributed by atoms with Crippen molar-refractivity contribution in [3.8, 4) is 0 Å². The highest BCUT2D eigenvalue weighted by atomic mass is 79.9. The molecule has 1 aromatic rings. The largest absolute Gasteiger partial charge is 0.361 e. The van der Waals surface area contributed by atoms with Gasteiger partial charge in [-0.25, -0.2) is 4.39 Å². The van der Waals surface area contributed by atoms with Gasteiger partial charge in [-0.05, 0) is 17.7 Å². The van der Waals surface area contributed by atoms with Crippen LogP contribution in [-0.2, 0) is 22.3 Å². The molecular weight excluding hydrogens is 289 g/mol. The zero-order valence-electron chi connectivity index (χ0n) is 7.30. The molecule has 0 saturated heterocycles. The van der Waals surface area contributed by atoms with Gasteiger partial charge in [-0.2, -0.15) is 0 Å². The zero-order chi connectivity index (χ0) is 10.6. The van der Waals surface area contributed by atoms with Crippen LogP contribution in [0.1, 0.15) is 11.1 Å². The van der Waals surface area contributed by atoms with Gasteiger partial charge in [-0.15, -0.1) is 0 Å². The van der Waals surface area contributed by atoms with E-state index in [1.54, 1.807) is 6.07 Å². The Labute approximate surface area is 95.3 Å². The first-order chi connectivity index (χ1) is 6.69. The Bertz CT molecular complexity index is 291. The molecule has 2 nitrogen and oxygen atoms in total. The second kappa shape index (κ2) is 6.09. The lowest BCUT2D eigenvalue weighted by molar-refractivity contribution is 0.348. The molecule has 2 atom stereocenters. The highest BCUT2D eigenvalue weighted by Crippen LogP contribution is 2.23. The van der Waals surface area contributed by atoms with Crippen LogP contribution >= 0.6 is 34.9 Å². The van der Waals surface area contributed by atoms with Crippen molar-refractivity contribution in [2.45, 2.75) is 13.2 Å². The summed E-state index contributed by atoms with van der Waals surface area (Å²) in [6.45, 7) is 0.585. The Morgan fingerprint density at radius 2 is 1.71 bits per heavy atom. The SMILES string of the molecule is Fc1cc(COP)c(Br)cc1COP. The summed E-state index contributed by atoms with van der Waals surface area (Å²) >= 11 is 3.33. The van der Waals surface area contributed by atoms with Gasteiger partial charge in [-0.3, -0.25) is 0 Å². The Kier molecular flexibility index (Phi) is 5.43. The third kappa shape index (κ3) is 3.22. The van der Waals surface area contributed by atoms with E-state index in [1.165, 1.54) is 6.07 Å². The van der Waals surface area contributed by atoms with Crippen LogP contribution in [0.4, 0.5) is 4.39 Å². The first kappa shape index (κ1) is 12.5. The average molecular weight is 299 g/mol. The number of hydrogen-bond acceptors (Lipinski definition) is 2. The maximum Gasteiger partial charge on any atom is 0.129 e. The minimum atomic E-state index is -0.285. The second-order valence-corrected chi connectivity index (χ2v) is 4.18. The first-order valence-corrected chi connectivity index (χ1v) is 5.52. The van der Waals surface area contributed by atoms with Gasteiger partial charge < -0.3 is 9.05 Å². The van der Waals surface area contributed by atoms with E-state index in [0.717, 1.165) is 10.0 Å². The quantitative estimate of drug-likeness (QED) is 0.795. The molecule has 0 saturated carbocycles. The van der Waals surface area contributed by atoms with Crippen LogP contribution in [0.5, 0.6) is 0 Å². The molecule has 14 heavy (non-hydrogen) atoms. The normalized spacial score (nSPS) is 10.6. The van der Waals surface area contributed by atoms with E-state index >= 15 is 0 Å². The van der Waals surface area contributed by atoms with Gasteiger partial charge in [-0.1, -0.05) is 15.9 Å². The number of rotatable bonds is 4. The smallest absolute Gasteiger partial charge is 0.129 e. The molecule has 2 unspecified atom stereocenters. The summed E-state index contributed by atoms with van der Waals surface area (Å²) in [5.74, 6) is -0.285. The maximum atomic E-state index is 13.4. The fourth-order valence-corrected chi connectivity index (χ4v) is 1.89. The van der Waals surface area contributed by atoms with Gasteiger partial charge in [0.25, 0.3) is 0 Å². The molecule has 0 aromatic heterocycles. The lowest BCUT2D eigenvalue weighted by Gasteiger charge is -2.07. The Morgan fingerprint density at radius 1 is 1.14 bits per heavy atom. The van der Waals surface area contributed by atoms with Crippen molar-refractivity contribution in [1.82, 2.24) is 0 Å². The Morgan fingerprint density at radius 3 is 2.29 bits per heavy atom. The first-order valence-electron chi connectivity index (χ1n) is 3.79. The minimum absolute atomic E-state index is 0.233. The lowest BCUT2D eigenvalue weighted by atomic mass is 10.1. The molecule has 0 heterocycles. The molecule has 0 radical (unpaired) electrons. The molecule has 6 heteroatoms. The summed E-state index contributed by atoms with van der Waals surface area (Å²) in [4.78, 5) is 0. The van der Waals surface area contributed by atoms with Crippen molar-refractivity contribution < 1.29 is 13.4 Å². The summed E-state index contributed by atoms with van der Waals surface area (Å²) < 4.78 is 23.8. The maximum absolute atomic E-state index is 13.4. The Balaban J connectivity index is 2.97. The van der Waals surface area contributed by atoms with Crippen molar-refractivity contribution in [2.75, 3.05) is 0 Å². The minimum Gasteiger partial charge on any atom is -0.361 e. The van der Waals surface area contributed by atoms with Crippen LogP contribution < -0.4 is 0 Å². The molecule has 0 bridgehead atoms. The van der Waals surface area contributed by atoms with Crippen molar-refractivity contribution in [2.24, 2.45) is 0 Å². The van der Waals surface area contributed by atoms with Gasteiger partial charge in [0.15, 0.2) is 0 Å². The van der Waals surface area contributed by atoms with Crippen molar-refractivity contribution in [3.05, 3.63) is 33.5 Å². The topological polar surface area (TPSA) is 18.5 Å². The van der Waals surface area contributed by atoms with Crippen molar-refractivity contribution >= 4 is 34.9 Å². The Hall–Kier alpha value is 0.410. The monoisotopic (exact) mass is 298 g/mol. The second-order valence-electron chi connectivity index (χ2n) is 2.66. The van der Waals surface area contributed by atoms with Crippen molar-refractivity contribution in [1.29, 1.82) is 0 Å². The molecule has 0 fully saturated rings. The predicted octanol–water partition coefficient (Wildman–Crippen LogP) is 3.20. The summed E-state index contributed by atoms with van der Waals surface area (Å²) in [5, 5.41) is 0. The third-order valence-corrected chi connectivity index (χ3v) is 2.76. The van der Waals surface area contributed by atoms with E-state index in [0.29, 0.717) is 12.2 Å². The van der Waals surface area contributed by atoms with Crippen LogP contribution in [-0.4, -0.2) is 0 Å². The van der Waals surface area contributed by atoms with Gasteiger partial charge in [0.2, 0.25) is 0 Å². The summed E-state index contributed by atoms with van der Waals surface area (Å²) in [6, 6.07) is 3.13. The van der Waals surface area contributed by atoms with Gasteiger partial charge in [0.05, 0.1) is 13.2 Å².